The molecular weight excluding hydrogens is 312 g/mol. The summed E-state index contributed by atoms with van der Waals surface area (Å²) in [4.78, 5) is 14.7. The summed E-state index contributed by atoms with van der Waals surface area (Å²) in [7, 11) is 0. The van der Waals surface area contributed by atoms with Crippen molar-refractivity contribution in [2.24, 2.45) is 0 Å². The Morgan fingerprint density at radius 2 is 2.04 bits per heavy atom. The number of rotatable bonds is 8. The predicted molar refractivity (Wildman–Crippen MR) is 96.3 cm³/mol. The zero-order valence-corrected chi connectivity index (χ0v) is 15.3. The van der Waals surface area contributed by atoms with Crippen LogP contribution in [0.25, 0.3) is 0 Å². The highest BCUT2D eigenvalue weighted by Gasteiger charge is 2.20. The van der Waals surface area contributed by atoms with Crippen molar-refractivity contribution in [1.82, 2.24) is 20.0 Å². The van der Waals surface area contributed by atoms with Gasteiger partial charge in [-0.1, -0.05) is 26.7 Å². The maximum Gasteiger partial charge on any atom is 0.274 e. The van der Waals surface area contributed by atoms with Crippen LogP contribution >= 0.6 is 12.4 Å². The summed E-state index contributed by atoms with van der Waals surface area (Å²) >= 11 is 0. The quantitative estimate of drug-likeness (QED) is 0.788. The van der Waals surface area contributed by atoms with E-state index < -0.39 is 0 Å². The molecule has 1 atom stereocenters. The molecular formula is C17H31ClN4O. The standard InChI is InChI=1S/C17H30N4O.ClH/c1-3-5-11-20(12-6-4-2)17(22)16-9-13-21(19-16)15-8-7-10-18-14-15;/h9,13,15,18H,3-8,10-12,14H2,1-2H3;1H. The van der Waals surface area contributed by atoms with Gasteiger partial charge in [0, 0.05) is 25.8 Å². The van der Waals surface area contributed by atoms with Gasteiger partial charge in [-0.05, 0) is 38.3 Å². The summed E-state index contributed by atoms with van der Waals surface area (Å²) in [5.41, 5.74) is 0.595. The first-order chi connectivity index (χ1) is 10.8. The number of carbonyl (C=O) groups is 1. The van der Waals surface area contributed by atoms with E-state index in [-0.39, 0.29) is 18.3 Å². The second kappa shape index (κ2) is 10.7. The summed E-state index contributed by atoms with van der Waals surface area (Å²) in [6, 6.07) is 2.26. The molecule has 132 valence electrons. The Kier molecular flexibility index (Phi) is 9.26. The highest BCUT2D eigenvalue weighted by molar-refractivity contribution is 5.92. The van der Waals surface area contributed by atoms with Crippen LogP contribution in [0.1, 0.15) is 68.9 Å². The van der Waals surface area contributed by atoms with Gasteiger partial charge in [-0.15, -0.1) is 12.4 Å². The van der Waals surface area contributed by atoms with Crippen LogP contribution in [-0.4, -0.2) is 46.8 Å². The van der Waals surface area contributed by atoms with Crippen molar-refractivity contribution in [2.45, 2.75) is 58.4 Å². The summed E-state index contributed by atoms with van der Waals surface area (Å²) in [5, 5.41) is 7.95. The van der Waals surface area contributed by atoms with Crippen LogP contribution in [0.15, 0.2) is 12.3 Å². The molecule has 1 aromatic rings. The Balaban J connectivity index is 0.00000264. The number of halogens is 1. The Bertz CT molecular complexity index is 449. The molecule has 1 aliphatic rings. The molecule has 2 rings (SSSR count). The number of piperidine rings is 1. The Hall–Kier alpha value is -1.07. The Morgan fingerprint density at radius 1 is 1.35 bits per heavy atom. The predicted octanol–water partition coefficient (Wildman–Crippen LogP) is 3.27. The lowest BCUT2D eigenvalue weighted by molar-refractivity contribution is 0.0743. The summed E-state index contributed by atoms with van der Waals surface area (Å²) in [5.74, 6) is 0.0874. The number of nitrogens with zero attached hydrogens (tertiary/aromatic N) is 3. The third-order valence-corrected chi connectivity index (χ3v) is 4.32. The SMILES string of the molecule is CCCCN(CCCC)C(=O)c1ccn(C2CCCNC2)n1.Cl. The second-order valence-corrected chi connectivity index (χ2v) is 6.18. The molecule has 0 bridgehead atoms. The summed E-state index contributed by atoms with van der Waals surface area (Å²) in [6.07, 6.45) is 8.61. The third-order valence-electron chi connectivity index (χ3n) is 4.32. The zero-order valence-electron chi connectivity index (χ0n) is 14.5. The van der Waals surface area contributed by atoms with Crippen LogP contribution in [0.5, 0.6) is 0 Å². The van der Waals surface area contributed by atoms with Gasteiger partial charge in [-0.25, -0.2) is 0 Å². The maximum atomic E-state index is 12.7. The first-order valence-electron chi connectivity index (χ1n) is 8.81. The maximum absolute atomic E-state index is 12.7. The van der Waals surface area contributed by atoms with Crippen molar-refractivity contribution in [2.75, 3.05) is 26.2 Å². The molecule has 2 heterocycles. The van der Waals surface area contributed by atoms with E-state index in [0.29, 0.717) is 11.7 Å². The van der Waals surface area contributed by atoms with Gasteiger partial charge in [0.1, 0.15) is 5.69 Å². The van der Waals surface area contributed by atoms with Crippen LogP contribution in [0, 0.1) is 0 Å². The van der Waals surface area contributed by atoms with E-state index in [4.69, 9.17) is 0 Å². The van der Waals surface area contributed by atoms with Gasteiger partial charge < -0.3 is 10.2 Å². The van der Waals surface area contributed by atoms with Crippen LogP contribution in [0.3, 0.4) is 0 Å². The number of nitrogens with one attached hydrogen (secondary N) is 1. The highest BCUT2D eigenvalue weighted by atomic mass is 35.5. The van der Waals surface area contributed by atoms with Crippen LogP contribution in [0.2, 0.25) is 0 Å². The molecule has 0 aromatic carbocycles. The number of hydrogen-bond acceptors (Lipinski definition) is 3. The van der Waals surface area contributed by atoms with E-state index in [1.807, 2.05) is 21.8 Å². The lowest BCUT2D eigenvalue weighted by atomic mass is 10.1. The average Bonchev–Trinajstić information content (AvgIpc) is 3.05. The molecule has 5 nitrogen and oxygen atoms in total. The van der Waals surface area contributed by atoms with Gasteiger partial charge >= 0.3 is 0 Å². The van der Waals surface area contributed by atoms with Gasteiger partial charge in [0.05, 0.1) is 6.04 Å². The molecule has 1 aromatic heterocycles. The second-order valence-electron chi connectivity index (χ2n) is 6.18. The molecule has 0 spiro atoms. The number of amides is 1. The van der Waals surface area contributed by atoms with Crippen LogP contribution in [-0.2, 0) is 0 Å². The molecule has 1 aliphatic heterocycles. The monoisotopic (exact) mass is 342 g/mol. The number of aromatic nitrogens is 2. The number of hydrogen-bond donors (Lipinski definition) is 1. The highest BCUT2D eigenvalue weighted by Crippen LogP contribution is 2.16. The summed E-state index contributed by atoms with van der Waals surface area (Å²) in [6.45, 7) is 8.04. The van der Waals surface area contributed by atoms with E-state index in [2.05, 4.69) is 24.3 Å². The Morgan fingerprint density at radius 3 is 2.61 bits per heavy atom. The van der Waals surface area contributed by atoms with E-state index in [0.717, 1.165) is 58.3 Å². The van der Waals surface area contributed by atoms with Crippen molar-refractivity contribution >= 4 is 18.3 Å². The average molecular weight is 343 g/mol. The molecule has 0 radical (unpaired) electrons. The van der Waals surface area contributed by atoms with E-state index in [9.17, 15) is 4.79 Å². The normalized spacial score (nSPS) is 17.6. The van der Waals surface area contributed by atoms with Crippen molar-refractivity contribution in [3.05, 3.63) is 18.0 Å². The summed E-state index contributed by atoms with van der Waals surface area (Å²) < 4.78 is 1.97. The van der Waals surface area contributed by atoms with Gasteiger partial charge in [-0.2, -0.15) is 5.10 Å². The molecule has 1 saturated heterocycles. The fourth-order valence-electron chi connectivity index (χ4n) is 2.89. The Labute approximate surface area is 146 Å². The molecule has 6 heteroatoms. The molecule has 0 aliphatic carbocycles. The molecule has 1 amide bonds. The van der Waals surface area contributed by atoms with Gasteiger partial charge in [0.25, 0.3) is 5.91 Å². The lowest BCUT2D eigenvalue weighted by Gasteiger charge is -2.23. The first kappa shape index (κ1) is 20.0. The van der Waals surface area contributed by atoms with Gasteiger partial charge in [0.2, 0.25) is 0 Å². The van der Waals surface area contributed by atoms with Gasteiger partial charge in [0.15, 0.2) is 0 Å². The molecule has 1 N–H and O–H groups in total. The minimum absolute atomic E-state index is 0. The van der Waals surface area contributed by atoms with Crippen LogP contribution in [0.4, 0.5) is 0 Å². The number of unbranched alkanes of at least 4 members (excludes halogenated alkanes) is 2. The first-order valence-corrected chi connectivity index (χ1v) is 8.81. The minimum atomic E-state index is 0. The van der Waals surface area contributed by atoms with E-state index >= 15 is 0 Å². The fraction of sp³-hybridized carbons (Fsp3) is 0.765. The van der Waals surface area contributed by atoms with Crippen molar-refractivity contribution in [3.8, 4) is 0 Å². The van der Waals surface area contributed by atoms with E-state index in [1.54, 1.807) is 0 Å². The zero-order chi connectivity index (χ0) is 15.8. The topological polar surface area (TPSA) is 50.2 Å². The molecule has 0 saturated carbocycles. The number of carbonyl (C=O) groups excluding carboxylic acids is 1. The fourth-order valence-corrected chi connectivity index (χ4v) is 2.89. The molecule has 23 heavy (non-hydrogen) atoms. The largest absolute Gasteiger partial charge is 0.337 e. The minimum Gasteiger partial charge on any atom is -0.337 e. The van der Waals surface area contributed by atoms with Crippen molar-refractivity contribution in [3.63, 3.8) is 0 Å². The van der Waals surface area contributed by atoms with Crippen molar-refractivity contribution < 1.29 is 4.79 Å². The van der Waals surface area contributed by atoms with Crippen molar-refractivity contribution in [1.29, 1.82) is 0 Å². The smallest absolute Gasteiger partial charge is 0.274 e. The molecule has 1 fully saturated rings. The van der Waals surface area contributed by atoms with E-state index in [1.165, 1.54) is 6.42 Å². The third kappa shape index (κ3) is 5.81. The van der Waals surface area contributed by atoms with Gasteiger partial charge in [-0.3, -0.25) is 9.48 Å². The lowest BCUT2D eigenvalue weighted by Crippen LogP contribution is -2.34. The van der Waals surface area contributed by atoms with Crippen LogP contribution < -0.4 is 5.32 Å². The molecule has 1 unspecified atom stereocenters.